The molecular formula is C11H11F5N2. The Morgan fingerprint density at radius 3 is 1.78 bits per heavy atom. The molecular weight excluding hydrogens is 255 g/mol. The fourth-order valence-corrected chi connectivity index (χ4v) is 2.08. The van der Waals surface area contributed by atoms with Gasteiger partial charge in [-0.05, 0) is 19.3 Å². The molecule has 2 atom stereocenters. The van der Waals surface area contributed by atoms with Gasteiger partial charge in [-0.3, -0.25) is 0 Å². The van der Waals surface area contributed by atoms with Crippen molar-refractivity contribution in [2.24, 2.45) is 5.73 Å². The van der Waals surface area contributed by atoms with Crippen LogP contribution in [0.25, 0.3) is 0 Å². The van der Waals surface area contributed by atoms with Crippen LogP contribution in [0.15, 0.2) is 0 Å². The number of hydrogen-bond acceptors (Lipinski definition) is 2. The first-order chi connectivity index (χ1) is 8.41. The summed E-state index contributed by atoms with van der Waals surface area (Å²) >= 11 is 0. The molecule has 1 aromatic carbocycles. The minimum Gasteiger partial charge on any atom is -0.377 e. The van der Waals surface area contributed by atoms with Gasteiger partial charge in [-0.25, -0.2) is 22.0 Å². The summed E-state index contributed by atoms with van der Waals surface area (Å²) in [6.45, 7) is 0. The normalized spacial score (nSPS) is 23.4. The summed E-state index contributed by atoms with van der Waals surface area (Å²) in [5.74, 6) is -9.73. The quantitative estimate of drug-likeness (QED) is 0.490. The third-order valence-electron chi connectivity index (χ3n) is 3.03. The molecule has 1 aliphatic rings. The lowest BCUT2D eigenvalue weighted by atomic mass is 10.2. The number of nitrogens with one attached hydrogen (secondary N) is 1. The number of halogens is 5. The number of rotatable bonds is 2. The van der Waals surface area contributed by atoms with E-state index in [0.717, 1.165) is 0 Å². The van der Waals surface area contributed by atoms with Crippen molar-refractivity contribution in [3.63, 3.8) is 0 Å². The number of benzene rings is 1. The van der Waals surface area contributed by atoms with Crippen molar-refractivity contribution in [1.29, 1.82) is 0 Å². The molecule has 1 aliphatic carbocycles. The lowest BCUT2D eigenvalue weighted by Gasteiger charge is -2.16. The Morgan fingerprint density at radius 2 is 1.33 bits per heavy atom. The summed E-state index contributed by atoms with van der Waals surface area (Å²) in [6.07, 6.45) is 1.60. The Balaban J connectivity index is 2.33. The third-order valence-corrected chi connectivity index (χ3v) is 3.03. The lowest BCUT2D eigenvalue weighted by molar-refractivity contribution is 0.380. The van der Waals surface area contributed by atoms with Crippen LogP contribution >= 0.6 is 0 Å². The van der Waals surface area contributed by atoms with E-state index in [1.165, 1.54) is 0 Å². The number of anilines is 1. The molecule has 2 rings (SSSR count). The highest BCUT2D eigenvalue weighted by molar-refractivity contribution is 5.48. The summed E-state index contributed by atoms with van der Waals surface area (Å²) in [4.78, 5) is 0. The van der Waals surface area contributed by atoms with Crippen LogP contribution in [0, 0.1) is 29.1 Å². The zero-order valence-electron chi connectivity index (χ0n) is 9.24. The van der Waals surface area contributed by atoms with E-state index in [-0.39, 0.29) is 12.1 Å². The van der Waals surface area contributed by atoms with Crippen LogP contribution in [0.3, 0.4) is 0 Å². The van der Waals surface area contributed by atoms with Gasteiger partial charge in [0.05, 0.1) is 0 Å². The van der Waals surface area contributed by atoms with Gasteiger partial charge in [0.1, 0.15) is 5.69 Å². The third kappa shape index (κ3) is 2.14. The average molecular weight is 266 g/mol. The van der Waals surface area contributed by atoms with Crippen molar-refractivity contribution in [2.45, 2.75) is 31.3 Å². The zero-order chi connectivity index (χ0) is 13.4. The fourth-order valence-electron chi connectivity index (χ4n) is 2.08. The van der Waals surface area contributed by atoms with E-state index in [2.05, 4.69) is 5.32 Å². The summed E-state index contributed by atoms with van der Waals surface area (Å²) in [5, 5.41) is 2.34. The summed E-state index contributed by atoms with van der Waals surface area (Å²) in [7, 11) is 0. The van der Waals surface area contributed by atoms with Gasteiger partial charge in [0.15, 0.2) is 23.3 Å². The van der Waals surface area contributed by atoms with Crippen molar-refractivity contribution < 1.29 is 22.0 Å². The highest BCUT2D eigenvalue weighted by Crippen LogP contribution is 2.30. The highest BCUT2D eigenvalue weighted by Gasteiger charge is 2.29. The van der Waals surface area contributed by atoms with E-state index in [0.29, 0.717) is 19.3 Å². The molecule has 3 N–H and O–H groups in total. The van der Waals surface area contributed by atoms with Crippen molar-refractivity contribution in [3.05, 3.63) is 29.1 Å². The second-order valence-corrected chi connectivity index (χ2v) is 4.36. The van der Waals surface area contributed by atoms with Crippen molar-refractivity contribution in [1.82, 2.24) is 0 Å². The van der Waals surface area contributed by atoms with Gasteiger partial charge in [-0.1, -0.05) is 0 Å². The van der Waals surface area contributed by atoms with E-state index < -0.39 is 34.8 Å². The maximum atomic E-state index is 13.3. The topological polar surface area (TPSA) is 38.0 Å². The zero-order valence-corrected chi connectivity index (χ0v) is 9.24. The Kier molecular flexibility index (Phi) is 3.43. The molecule has 2 nitrogen and oxygen atoms in total. The van der Waals surface area contributed by atoms with Gasteiger partial charge in [-0.2, -0.15) is 0 Å². The van der Waals surface area contributed by atoms with E-state index >= 15 is 0 Å². The molecule has 1 aromatic rings. The highest BCUT2D eigenvalue weighted by atomic mass is 19.2. The maximum absolute atomic E-state index is 13.3. The Morgan fingerprint density at radius 1 is 0.833 bits per heavy atom. The molecule has 0 saturated heterocycles. The molecule has 18 heavy (non-hydrogen) atoms. The predicted octanol–water partition coefficient (Wildman–Crippen LogP) is 2.67. The van der Waals surface area contributed by atoms with E-state index in [1.807, 2.05) is 0 Å². The van der Waals surface area contributed by atoms with Gasteiger partial charge in [0.2, 0.25) is 5.82 Å². The van der Waals surface area contributed by atoms with Gasteiger partial charge in [0.25, 0.3) is 0 Å². The van der Waals surface area contributed by atoms with Crippen molar-refractivity contribution >= 4 is 5.69 Å². The first-order valence-corrected chi connectivity index (χ1v) is 5.45. The minimum absolute atomic E-state index is 0.122. The second kappa shape index (κ2) is 4.72. The Hall–Kier alpha value is -1.37. The van der Waals surface area contributed by atoms with Crippen LogP contribution in [0.5, 0.6) is 0 Å². The molecule has 0 aromatic heterocycles. The Bertz CT molecular complexity index is 448. The standard InChI is InChI=1S/C11H11F5N2/c12-6-7(13)9(15)11(10(16)8(6)14)18-5-2-1-4(17)3-5/h4-5,18H,1-3,17H2. The lowest BCUT2D eigenvalue weighted by Crippen LogP contribution is -2.22. The van der Waals surface area contributed by atoms with Gasteiger partial charge >= 0.3 is 0 Å². The van der Waals surface area contributed by atoms with Crippen molar-refractivity contribution in [3.8, 4) is 0 Å². The van der Waals surface area contributed by atoms with Crippen molar-refractivity contribution in [2.75, 3.05) is 5.32 Å². The van der Waals surface area contributed by atoms with Crippen LogP contribution in [-0.4, -0.2) is 12.1 Å². The summed E-state index contributed by atoms with van der Waals surface area (Å²) in [6, 6.07) is -0.503. The number of hydrogen-bond donors (Lipinski definition) is 2. The molecule has 0 radical (unpaired) electrons. The molecule has 7 heteroatoms. The maximum Gasteiger partial charge on any atom is 0.200 e. The second-order valence-electron chi connectivity index (χ2n) is 4.36. The molecule has 0 aliphatic heterocycles. The van der Waals surface area contributed by atoms with Crippen LogP contribution < -0.4 is 11.1 Å². The van der Waals surface area contributed by atoms with Crippen LogP contribution in [0.2, 0.25) is 0 Å². The largest absolute Gasteiger partial charge is 0.377 e. The first kappa shape index (κ1) is 13.1. The Labute approximate surface area is 100.0 Å². The monoisotopic (exact) mass is 266 g/mol. The molecule has 0 bridgehead atoms. The molecule has 0 amide bonds. The van der Waals surface area contributed by atoms with Crippen LogP contribution in [-0.2, 0) is 0 Å². The molecule has 100 valence electrons. The van der Waals surface area contributed by atoms with E-state index in [4.69, 9.17) is 5.73 Å². The first-order valence-electron chi connectivity index (χ1n) is 5.45. The average Bonchev–Trinajstić information content (AvgIpc) is 2.75. The molecule has 1 saturated carbocycles. The van der Waals surface area contributed by atoms with E-state index in [1.54, 1.807) is 0 Å². The van der Waals surface area contributed by atoms with E-state index in [9.17, 15) is 22.0 Å². The van der Waals surface area contributed by atoms with Gasteiger partial charge in [-0.15, -0.1) is 0 Å². The minimum atomic E-state index is -2.15. The molecule has 2 unspecified atom stereocenters. The smallest absolute Gasteiger partial charge is 0.200 e. The summed E-state index contributed by atoms with van der Waals surface area (Å²) in [5.41, 5.74) is 4.62. The fraction of sp³-hybridized carbons (Fsp3) is 0.455. The SMILES string of the molecule is NC1CCC(Nc2c(F)c(F)c(F)c(F)c2F)C1. The number of nitrogens with two attached hydrogens (primary N) is 1. The summed E-state index contributed by atoms with van der Waals surface area (Å²) < 4.78 is 65.3. The molecule has 0 spiro atoms. The van der Waals surface area contributed by atoms with Gasteiger partial charge < -0.3 is 11.1 Å². The van der Waals surface area contributed by atoms with Gasteiger partial charge in [0, 0.05) is 12.1 Å². The molecule has 1 fully saturated rings. The van der Waals surface area contributed by atoms with Crippen LogP contribution in [0.1, 0.15) is 19.3 Å². The molecule has 0 heterocycles. The predicted molar refractivity (Wildman–Crippen MR) is 55.5 cm³/mol. The van der Waals surface area contributed by atoms with Crippen LogP contribution in [0.4, 0.5) is 27.6 Å².